The minimum atomic E-state index is -1.04. The van der Waals surface area contributed by atoms with Crippen LogP contribution in [-0.2, 0) is 23.1 Å². The molecule has 4 heterocycles. The van der Waals surface area contributed by atoms with Gasteiger partial charge in [0.1, 0.15) is 6.61 Å². The van der Waals surface area contributed by atoms with Crippen molar-refractivity contribution in [3.05, 3.63) is 54.1 Å². The Bertz CT molecular complexity index is 1320. The SMILES string of the molecule is Cn1cc(Nc2ncc3cnn(Cc4cc(N5CCOCC5=O)cc(F)c4F)c3n2)cn1. The summed E-state index contributed by atoms with van der Waals surface area (Å²) in [6.45, 7) is 0.419. The molecule has 0 bridgehead atoms. The molecule has 0 unspecified atom stereocenters. The Hall–Kier alpha value is -3.93. The van der Waals surface area contributed by atoms with Gasteiger partial charge in [-0.25, -0.2) is 18.4 Å². The first kappa shape index (κ1) is 20.0. The molecule has 1 N–H and O–H groups in total. The Kier molecular flexibility index (Phi) is 4.98. The van der Waals surface area contributed by atoms with Crippen molar-refractivity contribution in [3.63, 3.8) is 0 Å². The lowest BCUT2D eigenvalue weighted by atomic mass is 10.1. The maximum absolute atomic E-state index is 14.6. The molecule has 0 spiro atoms. The van der Waals surface area contributed by atoms with Crippen molar-refractivity contribution in [3.8, 4) is 0 Å². The highest BCUT2D eigenvalue weighted by molar-refractivity contribution is 5.95. The Morgan fingerprint density at radius 1 is 1.19 bits per heavy atom. The van der Waals surface area contributed by atoms with Crippen LogP contribution in [0.5, 0.6) is 0 Å². The smallest absolute Gasteiger partial charge is 0.253 e. The number of carbonyl (C=O) groups excluding carboxylic acids is 1. The molecule has 0 saturated carbocycles. The fourth-order valence-corrected chi connectivity index (χ4v) is 3.51. The van der Waals surface area contributed by atoms with Gasteiger partial charge in [-0.2, -0.15) is 15.2 Å². The van der Waals surface area contributed by atoms with E-state index in [1.165, 1.54) is 15.6 Å². The molecule has 0 atom stereocenters. The fraction of sp³-hybridized carbons (Fsp3) is 0.250. The highest BCUT2D eigenvalue weighted by atomic mass is 19.2. The molecular formula is C20H18F2N8O2. The number of aromatic nitrogens is 6. The van der Waals surface area contributed by atoms with Crippen LogP contribution < -0.4 is 10.2 Å². The van der Waals surface area contributed by atoms with E-state index >= 15 is 0 Å². The zero-order valence-electron chi connectivity index (χ0n) is 17.0. The first-order valence-corrected chi connectivity index (χ1v) is 9.78. The molecule has 3 aromatic heterocycles. The van der Waals surface area contributed by atoms with Crippen LogP contribution in [0.25, 0.3) is 11.0 Å². The van der Waals surface area contributed by atoms with Crippen LogP contribution in [0.1, 0.15) is 5.56 Å². The predicted octanol–water partition coefficient (Wildman–Crippen LogP) is 1.99. The molecule has 1 aromatic carbocycles. The van der Waals surface area contributed by atoms with Crippen LogP contribution in [0.2, 0.25) is 0 Å². The molecule has 164 valence electrons. The third-order valence-corrected chi connectivity index (χ3v) is 5.04. The number of benzene rings is 1. The molecule has 1 aliphatic heterocycles. The van der Waals surface area contributed by atoms with Crippen molar-refractivity contribution >= 4 is 34.3 Å². The van der Waals surface area contributed by atoms with Crippen molar-refractivity contribution in [1.29, 1.82) is 0 Å². The quantitative estimate of drug-likeness (QED) is 0.506. The van der Waals surface area contributed by atoms with Gasteiger partial charge in [-0.05, 0) is 6.07 Å². The first-order valence-electron chi connectivity index (χ1n) is 9.78. The summed E-state index contributed by atoms with van der Waals surface area (Å²) in [5, 5.41) is 12.0. The summed E-state index contributed by atoms with van der Waals surface area (Å²) in [6, 6.07) is 2.46. The lowest BCUT2D eigenvalue weighted by Crippen LogP contribution is -2.41. The van der Waals surface area contributed by atoms with Crippen LogP contribution >= 0.6 is 0 Å². The molecule has 12 heteroatoms. The topological polar surface area (TPSA) is 103 Å². The van der Waals surface area contributed by atoms with Gasteiger partial charge in [-0.1, -0.05) is 0 Å². The summed E-state index contributed by atoms with van der Waals surface area (Å²) >= 11 is 0. The summed E-state index contributed by atoms with van der Waals surface area (Å²) in [6.07, 6.45) is 6.53. The summed E-state index contributed by atoms with van der Waals surface area (Å²) in [5.74, 6) is -2.04. The van der Waals surface area contributed by atoms with Crippen molar-refractivity contribution < 1.29 is 18.3 Å². The molecule has 0 aliphatic carbocycles. The van der Waals surface area contributed by atoms with E-state index in [4.69, 9.17) is 4.74 Å². The number of aryl methyl sites for hydroxylation is 1. The number of hydrogen-bond donors (Lipinski definition) is 1. The number of halogens is 2. The van der Waals surface area contributed by atoms with E-state index in [-0.39, 0.29) is 36.9 Å². The highest BCUT2D eigenvalue weighted by Crippen LogP contribution is 2.25. The zero-order chi connectivity index (χ0) is 22.2. The number of morpholine rings is 1. The number of ether oxygens (including phenoxy) is 1. The number of amides is 1. The van der Waals surface area contributed by atoms with E-state index in [1.54, 1.807) is 36.5 Å². The molecule has 10 nitrogen and oxygen atoms in total. The number of anilines is 3. The largest absolute Gasteiger partial charge is 0.370 e. The Morgan fingerprint density at radius 2 is 2.06 bits per heavy atom. The van der Waals surface area contributed by atoms with E-state index in [0.717, 1.165) is 6.07 Å². The second kappa shape index (κ2) is 7.96. The molecule has 0 radical (unpaired) electrons. The number of nitrogens with zero attached hydrogens (tertiary/aromatic N) is 7. The fourth-order valence-electron chi connectivity index (χ4n) is 3.51. The van der Waals surface area contributed by atoms with Crippen LogP contribution in [0.4, 0.5) is 26.1 Å². The van der Waals surface area contributed by atoms with E-state index in [9.17, 15) is 13.6 Å². The predicted molar refractivity (Wildman–Crippen MR) is 110 cm³/mol. The minimum absolute atomic E-state index is 0.0460. The van der Waals surface area contributed by atoms with E-state index in [2.05, 4.69) is 25.5 Å². The molecule has 4 aromatic rings. The average Bonchev–Trinajstić information content (AvgIpc) is 3.37. The van der Waals surface area contributed by atoms with Gasteiger partial charge in [-0.3, -0.25) is 9.48 Å². The standard InChI is InChI=1S/C20H18F2N8O2/c1-28-10-14(8-24-28)26-20-23-6-13-7-25-30(19(13)27-20)9-12-4-15(5-16(21)18(12)22)29-2-3-32-11-17(29)31/h4-8,10H,2-3,9,11H2,1H3,(H,23,26,27). The lowest BCUT2D eigenvalue weighted by Gasteiger charge is -2.27. The van der Waals surface area contributed by atoms with E-state index < -0.39 is 11.6 Å². The molecule has 32 heavy (non-hydrogen) atoms. The van der Waals surface area contributed by atoms with Gasteiger partial charge in [0.15, 0.2) is 17.3 Å². The third-order valence-electron chi connectivity index (χ3n) is 5.04. The van der Waals surface area contributed by atoms with Crippen molar-refractivity contribution in [2.75, 3.05) is 30.0 Å². The van der Waals surface area contributed by atoms with Crippen LogP contribution in [0.3, 0.4) is 0 Å². The van der Waals surface area contributed by atoms with Gasteiger partial charge < -0.3 is 15.0 Å². The third kappa shape index (κ3) is 3.75. The summed E-state index contributed by atoms with van der Waals surface area (Å²) in [4.78, 5) is 22.2. The highest BCUT2D eigenvalue weighted by Gasteiger charge is 2.23. The van der Waals surface area contributed by atoms with Crippen LogP contribution in [-0.4, -0.2) is 55.2 Å². The molecule has 1 amide bonds. The van der Waals surface area contributed by atoms with Crippen LogP contribution in [0, 0.1) is 11.6 Å². The van der Waals surface area contributed by atoms with Gasteiger partial charge >= 0.3 is 0 Å². The second-order valence-corrected chi connectivity index (χ2v) is 7.30. The first-order chi connectivity index (χ1) is 15.5. The van der Waals surface area contributed by atoms with Gasteiger partial charge in [0, 0.05) is 43.3 Å². The molecular weight excluding hydrogens is 422 g/mol. The number of hydrogen-bond acceptors (Lipinski definition) is 7. The van der Waals surface area contributed by atoms with Gasteiger partial charge in [0.2, 0.25) is 5.95 Å². The molecule has 1 saturated heterocycles. The summed E-state index contributed by atoms with van der Waals surface area (Å²) in [7, 11) is 1.79. The molecule has 1 aliphatic rings. The van der Waals surface area contributed by atoms with Crippen molar-refractivity contribution in [2.24, 2.45) is 7.05 Å². The van der Waals surface area contributed by atoms with E-state index in [1.807, 2.05) is 0 Å². The molecule has 5 rings (SSSR count). The van der Waals surface area contributed by atoms with Crippen LogP contribution in [0.15, 0.2) is 36.9 Å². The maximum Gasteiger partial charge on any atom is 0.253 e. The number of fused-ring (bicyclic) bond motifs is 1. The molecule has 1 fully saturated rings. The minimum Gasteiger partial charge on any atom is -0.370 e. The summed E-state index contributed by atoms with van der Waals surface area (Å²) < 4.78 is 37.2. The van der Waals surface area contributed by atoms with Gasteiger partial charge in [0.05, 0.1) is 36.6 Å². The van der Waals surface area contributed by atoms with Crippen molar-refractivity contribution in [2.45, 2.75) is 6.54 Å². The van der Waals surface area contributed by atoms with Crippen molar-refractivity contribution in [1.82, 2.24) is 29.5 Å². The van der Waals surface area contributed by atoms with Gasteiger partial charge in [0.25, 0.3) is 5.91 Å². The number of carbonyl (C=O) groups is 1. The Balaban J connectivity index is 1.47. The van der Waals surface area contributed by atoms with Gasteiger partial charge in [-0.15, -0.1) is 0 Å². The average molecular weight is 440 g/mol. The number of nitrogens with one attached hydrogen (secondary N) is 1. The van der Waals surface area contributed by atoms with E-state index in [0.29, 0.717) is 29.3 Å². The monoisotopic (exact) mass is 440 g/mol. The number of rotatable bonds is 5. The second-order valence-electron chi connectivity index (χ2n) is 7.30. The Morgan fingerprint density at radius 3 is 2.84 bits per heavy atom. The lowest BCUT2D eigenvalue weighted by molar-refractivity contribution is -0.125. The normalized spacial score (nSPS) is 14.3. The Labute approximate surface area is 180 Å². The maximum atomic E-state index is 14.6. The summed E-state index contributed by atoms with van der Waals surface area (Å²) in [5.41, 5.74) is 1.47. The zero-order valence-corrected chi connectivity index (χ0v) is 17.0.